The van der Waals surface area contributed by atoms with Crippen LogP contribution in [0.4, 0.5) is 5.69 Å². The third kappa shape index (κ3) is 4.60. The number of carbonyl (C=O) groups is 1. The molecule has 29 heavy (non-hydrogen) atoms. The predicted molar refractivity (Wildman–Crippen MR) is 113 cm³/mol. The molecule has 2 N–H and O–H groups in total. The van der Waals surface area contributed by atoms with Crippen molar-refractivity contribution in [2.75, 3.05) is 31.6 Å². The minimum atomic E-state index is -0.0663. The Hall–Kier alpha value is -2.83. The van der Waals surface area contributed by atoms with Crippen LogP contribution in [0.5, 0.6) is 11.5 Å². The van der Waals surface area contributed by atoms with Crippen molar-refractivity contribution in [1.82, 2.24) is 4.98 Å². The van der Waals surface area contributed by atoms with E-state index >= 15 is 0 Å². The van der Waals surface area contributed by atoms with Gasteiger partial charge >= 0.3 is 0 Å². The molecule has 0 bridgehead atoms. The molecule has 3 aromatic rings. The van der Waals surface area contributed by atoms with E-state index in [0.29, 0.717) is 48.6 Å². The summed E-state index contributed by atoms with van der Waals surface area (Å²) in [5.74, 6) is 1.29. The largest absolute Gasteiger partial charge is 0.486 e. The van der Waals surface area contributed by atoms with E-state index in [0.717, 1.165) is 27.9 Å². The molecule has 1 aromatic heterocycles. The Bertz CT molecular complexity index is 1040. The van der Waals surface area contributed by atoms with E-state index in [1.807, 2.05) is 36.4 Å². The number of quaternary nitrogens is 1. The van der Waals surface area contributed by atoms with Crippen LogP contribution in [0, 0.1) is 0 Å². The summed E-state index contributed by atoms with van der Waals surface area (Å²) >= 11 is 6.39. The van der Waals surface area contributed by atoms with Gasteiger partial charge in [-0.05, 0) is 31.2 Å². The highest BCUT2D eigenvalue weighted by molar-refractivity contribution is 6.30. The second-order valence-corrected chi connectivity index (χ2v) is 7.35. The zero-order chi connectivity index (χ0) is 20.2. The summed E-state index contributed by atoms with van der Waals surface area (Å²) in [5, 5.41) is 4.48. The molecule has 1 aliphatic rings. The Kier molecular flexibility index (Phi) is 5.83. The van der Waals surface area contributed by atoms with Gasteiger partial charge in [-0.15, -0.1) is 0 Å². The fourth-order valence-corrected chi connectivity index (χ4v) is 3.61. The minimum Gasteiger partial charge on any atom is -0.486 e. The lowest BCUT2D eigenvalue weighted by molar-refractivity contribution is -0.903. The first kappa shape index (κ1) is 19.5. The Morgan fingerprint density at radius 2 is 1.93 bits per heavy atom. The number of ether oxygens (including phenoxy) is 2. The Balaban J connectivity index is 1.42. The topological polar surface area (TPSA) is 64.9 Å². The van der Waals surface area contributed by atoms with Gasteiger partial charge in [0.05, 0.1) is 12.1 Å². The number of likely N-dealkylation sites (N-methyl/N-ethyl adjacent to an activating group) is 1. The zero-order valence-corrected chi connectivity index (χ0v) is 17.0. The molecular formula is C22H23ClN3O3+. The maximum absolute atomic E-state index is 12.6. The molecule has 2 heterocycles. The fraction of sp³-hybridized carbons (Fsp3) is 0.273. The number of nitrogens with one attached hydrogen (secondary N) is 2. The first-order chi connectivity index (χ1) is 14.1. The summed E-state index contributed by atoms with van der Waals surface area (Å²) in [6, 6.07) is 15.4. The smallest absolute Gasteiger partial charge is 0.279 e. The summed E-state index contributed by atoms with van der Waals surface area (Å²) in [4.78, 5) is 18.2. The number of rotatable bonds is 6. The van der Waals surface area contributed by atoms with Gasteiger partial charge in [0.1, 0.15) is 24.9 Å². The third-order valence-corrected chi connectivity index (χ3v) is 5.25. The van der Waals surface area contributed by atoms with Gasteiger partial charge in [-0.3, -0.25) is 4.79 Å². The maximum Gasteiger partial charge on any atom is 0.279 e. The van der Waals surface area contributed by atoms with Gasteiger partial charge in [0.25, 0.3) is 5.91 Å². The van der Waals surface area contributed by atoms with Crippen molar-refractivity contribution < 1.29 is 19.2 Å². The lowest BCUT2D eigenvalue weighted by Gasteiger charge is -2.20. The molecule has 1 aliphatic heterocycles. The highest BCUT2D eigenvalue weighted by Crippen LogP contribution is 2.32. The van der Waals surface area contributed by atoms with E-state index in [4.69, 9.17) is 21.1 Å². The van der Waals surface area contributed by atoms with Gasteiger partial charge in [-0.1, -0.05) is 29.8 Å². The first-order valence-corrected chi connectivity index (χ1v) is 10.1. The number of benzene rings is 2. The molecule has 150 valence electrons. The number of pyridine rings is 1. The number of fused-ring (bicyclic) bond motifs is 2. The molecule has 0 radical (unpaired) electrons. The van der Waals surface area contributed by atoms with Crippen LogP contribution in [0.3, 0.4) is 0 Å². The average molecular weight is 413 g/mol. The van der Waals surface area contributed by atoms with E-state index in [2.05, 4.69) is 23.3 Å². The van der Waals surface area contributed by atoms with Gasteiger partial charge < -0.3 is 19.7 Å². The standard InChI is InChI=1S/C22H22ClN3O3/c1-2-26(13-16-11-15-5-3-4-6-18(15)25-22(16)23)14-21(27)24-17-7-8-19-20(12-17)29-10-9-28-19/h3-8,11-12H,2,9-10,13-14H2,1H3,(H,24,27)/p+1. The van der Waals surface area contributed by atoms with E-state index in [-0.39, 0.29) is 5.91 Å². The number of carbonyl (C=O) groups excluding carboxylic acids is 1. The van der Waals surface area contributed by atoms with Crippen LogP contribution in [-0.2, 0) is 11.3 Å². The van der Waals surface area contributed by atoms with Crippen molar-refractivity contribution in [3.05, 3.63) is 59.2 Å². The zero-order valence-electron chi connectivity index (χ0n) is 16.2. The van der Waals surface area contributed by atoms with Crippen LogP contribution in [-0.4, -0.2) is 37.2 Å². The van der Waals surface area contributed by atoms with Crippen LogP contribution in [0.2, 0.25) is 5.15 Å². The molecule has 0 saturated heterocycles. The fourth-order valence-electron chi connectivity index (χ4n) is 3.40. The van der Waals surface area contributed by atoms with Crippen molar-refractivity contribution >= 4 is 34.1 Å². The van der Waals surface area contributed by atoms with Crippen LogP contribution < -0.4 is 19.7 Å². The summed E-state index contributed by atoms with van der Waals surface area (Å²) < 4.78 is 11.1. The van der Waals surface area contributed by atoms with Crippen molar-refractivity contribution in [3.8, 4) is 11.5 Å². The summed E-state index contributed by atoms with van der Waals surface area (Å²) in [6.45, 7) is 4.85. The number of hydrogen-bond acceptors (Lipinski definition) is 4. The number of anilines is 1. The minimum absolute atomic E-state index is 0.0663. The Labute approximate surface area is 174 Å². The van der Waals surface area contributed by atoms with E-state index in [9.17, 15) is 4.79 Å². The average Bonchev–Trinajstić information content (AvgIpc) is 2.73. The van der Waals surface area contributed by atoms with Gasteiger partial charge in [0.15, 0.2) is 18.0 Å². The summed E-state index contributed by atoms with van der Waals surface area (Å²) in [7, 11) is 0. The molecule has 1 amide bonds. The highest BCUT2D eigenvalue weighted by Gasteiger charge is 2.18. The highest BCUT2D eigenvalue weighted by atomic mass is 35.5. The second-order valence-electron chi connectivity index (χ2n) is 6.99. The number of halogens is 1. The summed E-state index contributed by atoms with van der Waals surface area (Å²) in [6.07, 6.45) is 0. The molecular weight excluding hydrogens is 390 g/mol. The Morgan fingerprint density at radius 3 is 2.76 bits per heavy atom. The number of amides is 1. The maximum atomic E-state index is 12.6. The third-order valence-electron chi connectivity index (χ3n) is 4.93. The SMILES string of the molecule is CC[NH+](CC(=O)Nc1ccc2c(c1)OCCO2)Cc1cc2ccccc2nc1Cl. The van der Waals surface area contributed by atoms with E-state index in [1.165, 1.54) is 0 Å². The van der Waals surface area contributed by atoms with Crippen LogP contribution in [0.25, 0.3) is 10.9 Å². The molecule has 1 atom stereocenters. The molecule has 0 spiro atoms. The van der Waals surface area contributed by atoms with Crippen LogP contribution >= 0.6 is 11.6 Å². The van der Waals surface area contributed by atoms with E-state index in [1.54, 1.807) is 6.07 Å². The summed E-state index contributed by atoms with van der Waals surface area (Å²) in [5.41, 5.74) is 2.50. The van der Waals surface area contributed by atoms with Crippen molar-refractivity contribution in [2.24, 2.45) is 0 Å². The first-order valence-electron chi connectivity index (χ1n) is 9.69. The molecule has 1 unspecified atom stereocenters. The van der Waals surface area contributed by atoms with Crippen molar-refractivity contribution in [1.29, 1.82) is 0 Å². The molecule has 0 fully saturated rings. The van der Waals surface area contributed by atoms with Gasteiger partial charge in [-0.25, -0.2) is 4.98 Å². The molecule has 7 heteroatoms. The number of hydrogen-bond donors (Lipinski definition) is 2. The number of aromatic nitrogens is 1. The quantitative estimate of drug-likeness (QED) is 0.611. The van der Waals surface area contributed by atoms with Gasteiger partial charge in [-0.2, -0.15) is 0 Å². The second kappa shape index (κ2) is 8.68. The van der Waals surface area contributed by atoms with Crippen molar-refractivity contribution in [2.45, 2.75) is 13.5 Å². The van der Waals surface area contributed by atoms with Crippen LogP contribution in [0.15, 0.2) is 48.5 Å². The monoisotopic (exact) mass is 412 g/mol. The van der Waals surface area contributed by atoms with Crippen LogP contribution in [0.1, 0.15) is 12.5 Å². The molecule has 4 rings (SSSR count). The molecule has 0 saturated carbocycles. The molecule has 0 aliphatic carbocycles. The predicted octanol–water partition coefficient (Wildman–Crippen LogP) is 2.70. The normalized spacial score (nSPS) is 13.9. The Morgan fingerprint density at radius 1 is 1.14 bits per heavy atom. The number of para-hydroxylation sites is 1. The lowest BCUT2D eigenvalue weighted by Crippen LogP contribution is -3.11. The van der Waals surface area contributed by atoms with Gasteiger partial charge in [0, 0.05) is 22.7 Å². The molecule has 6 nitrogen and oxygen atoms in total. The van der Waals surface area contributed by atoms with Gasteiger partial charge in [0.2, 0.25) is 0 Å². The van der Waals surface area contributed by atoms with Crippen molar-refractivity contribution in [3.63, 3.8) is 0 Å². The number of nitrogens with zero attached hydrogens (tertiary/aromatic N) is 1. The lowest BCUT2D eigenvalue weighted by atomic mass is 10.1. The van der Waals surface area contributed by atoms with E-state index < -0.39 is 0 Å². The molecule has 2 aromatic carbocycles.